The van der Waals surface area contributed by atoms with Crippen LogP contribution in [-0.2, 0) is 20.8 Å². The van der Waals surface area contributed by atoms with E-state index < -0.39 is 0 Å². The number of phenols is 1. The van der Waals surface area contributed by atoms with Crippen molar-refractivity contribution in [2.45, 2.75) is 12.8 Å². The Balaban J connectivity index is 2.22. The van der Waals surface area contributed by atoms with E-state index in [1.807, 2.05) is 6.07 Å². The summed E-state index contributed by atoms with van der Waals surface area (Å²) in [6.07, 6.45) is 0.747. The number of hydrogen-bond acceptors (Lipinski definition) is 4. The maximum absolute atomic E-state index is 11.3. The number of amides is 1. The van der Waals surface area contributed by atoms with Crippen LogP contribution in [0.1, 0.15) is 12.0 Å². The fourth-order valence-corrected chi connectivity index (χ4v) is 1.28. The van der Waals surface area contributed by atoms with Gasteiger partial charge in [-0.3, -0.25) is 9.63 Å². The molecule has 0 radical (unpaired) electrons. The van der Waals surface area contributed by atoms with Crippen LogP contribution < -0.4 is 5.48 Å². The predicted octanol–water partition coefficient (Wildman–Crippen LogP) is 1.02. The Morgan fingerprint density at radius 3 is 2.82 bits per heavy atom. The molecule has 5 heteroatoms. The third kappa shape index (κ3) is 5.33. The van der Waals surface area contributed by atoms with Crippen molar-refractivity contribution in [3.8, 4) is 5.75 Å². The number of aromatic hydroxyl groups is 1. The molecule has 1 aromatic rings. The molecule has 0 aromatic heterocycles. The number of para-hydroxylation sites is 1. The maximum Gasteiger partial charge on any atom is 0.243 e. The number of ether oxygens (including phenoxy) is 1. The van der Waals surface area contributed by atoms with Gasteiger partial charge in [0.2, 0.25) is 5.91 Å². The number of hydrogen-bond donors (Lipinski definition) is 2. The maximum atomic E-state index is 11.3. The quantitative estimate of drug-likeness (QED) is 0.550. The molecule has 0 aliphatic rings. The largest absolute Gasteiger partial charge is 0.508 e. The van der Waals surface area contributed by atoms with E-state index in [0.29, 0.717) is 19.6 Å². The Kier molecular flexibility index (Phi) is 6.06. The van der Waals surface area contributed by atoms with Crippen LogP contribution in [0.5, 0.6) is 5.75 Å². The van der Waals surface area contributed by atoms with Gasteiger partial charge in [-0.15, -0.1) is 0 Å². The lowest BCUT2D eigenvalue weighted by Gasteiger charge is -2.06. The summed E-state index contributed by atoms with van der Waals surface area (Å²) in [7, 11) is 1.56. The molecule has 17 heavy (non-hydrogen) atoms. The van der Waals surface area contributed by atoms with Crippen molar-refractivity contribution in [3.63, 3.8) is 0 Å². The Labute approximate surface area is 100 Å². The first kappa shape index (κ1) is 13.5. The zero-order chi connectivity index (χ0) is 12.5. The highest BCUT2D eigenvalue weighted by atomic mass is 16.7. The van der Waals surface area contributed by atoms with E-state index in [1.54, 1.807) is 25.3 Å². The van der Waals surface area contributed by atoms with E-state index in [1.165, 1.54) is 0 Å². The molecule has 0 aliphatic carbocycles. The van der Waals surface area contributed by atoms with Gasteiger partial charge < -0.3 is 9.84 Å². The van der Waals surface area contributed by atoms with Crippen LogP contribution in [0, 0.1) is 0 Å². The normalized spacial score (nSPS) is 10.2. The summed E-state index contributed by atoms with van der Waals surface area (Å²) in [6.45, 7) is 0.749. The Morgan fingerprint density at radius 1 is 1.35 bits per heavy atom. The van der Waals surface area contributed by atoms with E-state index in [9.17, 15) is 9.90 Å². The van der Waals surface area contributed by atoms with Crippen LogP contribution in [0.15, 0.2) is 24.3 Å². The smallest absolute Gasteiger partial charge is 0.243 e. The SMILES string of the molecule is COCCONC(=O)CCc1ccccc1O. The highest BCUT2D eigenvalue weighted by molar-refractivity contribution is 5.75. The number of carbonyl (C=O) groups excluding carboxylic acids is 1. The second-order valence-electron chi connectivity index (χ2n) is 3.50. The van der Waals surface area contributed by atoms with Crippen LogP contribution in [0.2, 0.25) is 0 Å². The molecule has 1 aromatic carbocycles. The average Bonchev–Trinajstić information content (AvgIpc) is 2.34. The molecule has 2 N–H and O–H groups in total. The van der Waals surface area contributed by atoms with Crippen molar-refractivity contribution in [2.24, 2.45) is 0 Å². The summed E-state index contributed by atoms with van der Waals surface area (Å²) in [5.41, 5.74) is 3.06. The molecule has 0 saturated carbocycles. The lowest BCUT2D eigenvalue weighted by atomic mass is 10.1. The van der Waals surface area contributed by atoms with Crippen LogP contribution in [0.3, 0.4) is 0 Å². The Hall–Kier alpha value is -1.59. The van der Waals surface area contributed by atoms with Crippen molar-refractivity contribution >= 4 is 5.91 Å². The number of methoxy groups -OCH3 is 1. The average molecular weight is 239 g/mol. The number of carbonyl (C=O) groups is 1. The standard InChI is InChI=1S/C12H17NO4/c1-16-8-9-17-13-12(15)7-6-10-4-2-3-5-11(10)14/h2-5,14H,6-9H2,1H3,(H,13,15). The van der Waals surface area contributed by atoms with E-state index in [0.717, 1.165) is 5.56 Å². The summed E-state index contributed by atoms with van der Waals surface area (Å²) < 4.78 is 4.76. The van der Waals surface area contributed by atoms with Gasteiger partial charge in [-0.25, -0.2) is 5.48 Å². The first-order valence-corrected chi connectivity index (χ1v) is 5.40. The highest BCUT2D eigenvalue weighted by Crippen LogP contribution is 2.16. The van der Waals surface area contributed by atoms with Crippen molar-refractivity contribution in [1.29, 1.82) is 0 Å². The first-order valence-electron chi connectivity index (χ1n) is 5.40. The van der Waals surface area contributed by atoms with Crippen LogP contribution in [0.25, 0.3) is 0 Å². The van der Waals surface area contributed by atoms with Gasteiger partial charge in [0.25, 0.3) is 0 Å². The summed E-state index contributed by atoms with van der Waals surface area (Å²) in [6, 6.07) is 6.95. The van der Waals surface area contributed by atoms with Gasteiger partial charge in [-0.2, -0.15) is 0 Å². The van der Waals surface area contributed by atoms with E-state index in [-0.39, 0.29) is 18.1 Å². The van der Waals surface area contributed by atoms with Crippen LogP contribution in [0.4, 0.5) is 0 Å². The number of nitrogens with one attached hydrogen (secondary N) is 1. The monoisotopic (exact) mass is 239 g/mol. The highest BCUT2D eigenvalue weighted by Gasteiger charge is 2.04. The number of phenolic OH excluding ortho intramolecular Hbond substituents is 1. The van der Waals surface area contributed by atoms with Gasteiger partial charge >= 0.3 is 0 Å². The summed E-state index contributed by atoms with van der Waals surface area (Å²) in [5.74, 6) is -0.00930. The van der Waals surface area contributed by atoms with Gasteiger partial charge in [0, 0.05) is 13.5 Å². The second-order valence-corrected chi connectivity index (χ2v) is 3.50. The molecule has 94 valence electrons. The minimum Gasteiger partial charge on any atom is -0.508 e. The molecule has 5 nitrogen and oxygen atoms in total. The molecule has 1 rings (SSSR count). The van der Waals surface area contributed by atoms with Crippen LogP contribution in [-0.4, -0.2) is 31.3 Å². The van der Waals surface area contributed by atoms with Crippen molar-refractivity contribution in [1.82, 2.24) is 5.48 Å². The van der Waals surface area contributed by atoms with E-state index >= 15 is 0 Å². The number of benzene rings is 1. The predicted molar refractivity (Wildman–Crippen MR) is 62.4 cm³/mol. The summed E-state index contributed by atoms with van der Waals surface area (Å²) in [5, 5.41) is 9.49. The molecule has 0 heterocycles. The number of rotatable bonds is 7. The second kappa shape index (κ2) is 7.65. The summed E-state index contributed by atoms with van der Waals surface area (Å²) >= 11 is 0. The molecule has 0 atom stereocenters. The lowest BCUT2D eigenvalue weighted by molar-refractivity contribution is -0.134. The molecule has 0 fully saturated rings. The van der Waals surface area contributed by atoms with E-state index in [2.05, 4.69) is 5.48 Å². The minimum absolute atomic E-state index is 0.209. The van der Waals surface area contributed by atoms with Gasteiger partial charge in [0.05, 0.1) is 13.2 Å². The Bertz CT molecular complexity index is 354. The van der Waals surface area contributed by atoms with Crippen molar-refractivity contribution < 1.29 is 19.5 Å². The van der Waals surface area contributed by atoms with Gasteiger partial charge in [-0.1, -0.05) is 18.2 Å². The number of hydroxylamine groups is 1. The molecule has 0 bridgehead atoms. The molecular formula is C12H17NO4. The van der Waals surface area contributed by atoms with Crippen molar-refractivity contribution in [3.05, 3.63) is 29.8 Å². The molecule has 0 unspecified atom stereocenters. The minimum atomic E-state index is -0.218. The zero-order valence-electron chi connectivity index (χ0n) is 9.81. The van der Waals surface area contributed by atoms with E-state index in [4.69, 9.17) is 9.57 Å². The third-order valence-electron chi connectivity index (χ3n) is 2.19. The fourth-order valence-electron chi connectivity index (χ4n) is 1.28. The third-order valence-corrected chi connectivity index (χ3v) is 2.19. The lowest BCUT2D eigenvalue weighted by Crippen LogP contribution is -2.25. The zero-order valence-corrected chi connectivity index (χ0v) is 9.81. The molecular weight excluding hydrogens is 222 g/mol. The molecule has 0 spiro atoms. The van der Waals surface area contributed by atoms with Gasteiger partial charge in [0.15, 0.2) is 0 Å². The molecule has 1 amide bonds. The Morgan fingerprint density at radius 2 is 2.12 bits per heavy atom. The number of aryl methyl sites for hydroxylation is 1. The van der Waals surface area contributed by atoms with Crippen molar-refractivity contribution in [2.75, 3.05) is 20.3 Å². The topological polar surface area (TPSA) is 67.8 Å². The molecule has 0 saturated heterocycles. The summed E-state index contributed by atoms with van der Waals surface area (Å²) in [4.78, 5) is 16.2. The first-order chi connectivity index (χ1) is 8.24. The molecule has 0 aliphatic heterocycles. The van der Waals surface area contributed by atoms with Crippen LogP contribution >= 0.6 is 0 Å². The van der Waals surface area contributed by atoms with Gasteiger partial charge in [-0.05, 0) is 18.1 Å². The fraction of sp³-hybridized carbons (Fsp3) is 0.417. The van der Waals surface area contributed by atoms with Gasteiger partial charge in [0.1, 0.15) is 5.75 Å².